The van der Waals surface area contributed by atoms with Crippen molar-refractivity contribution in [2.45, 2.75) is 11.8 Å². The highest BCUT2D eigenvalue weighted by Gasteiger charge is 2.04. The van der Waals surface area contributed by atoms with E-state index in [9.17, 15) is 4.21 Å². The molecule has 0 radical (unpaired) electrons. The fourth-order valence-corrected chi connectivity index (χ4v) is 2.51. The van der Waals surface area contributed by atoms with E-state index in [1.165, 1.54) is 0 Å². The van der Waals surface area contributed by atoms with E-state index in [2.05, 4.69) is 0 Å². The van der Waals surface area contributed by atoms with Gasteiger partial charge in [-0.2, -0.15) is 0 Å². The van der Waals surface area contributed by atoms with Crippen LogP contribution >= 0.6 is 0 Å². The van der Waals surface area contributed by atoms with Gasteiger partial charge in [-0.25, -0.2) is 0 Å². The van der Waals surface area contributed by atoms with E-state index in [0.29, 0.717) is 0 Å². The van der Waals surface area contributed by atoms with Gasteiger partial charge in [0.25, 0.3) is 0 Å². The molecular formula is C8H10OS2. The average molecular weight is 186 g/mol. The maximum atomic E-state index is 11.4. The molecule has 0 amide bonds. The Morgan fingerprint density at radius 1 is 1.36 bits per heavy atom. The van der Waals surface area contributed by atoms with Gasteiger partial charge in [0.05, 0.1) is 8.49 Å². The summed E-state index contributed by atoms with van der Waals surface area (Å²) in [5.41, 5.74) is 1.01. The van der Waals surface area contributed by atoms with Crippen LogP contribution in [0.5, 0.6) is 0 Å². The fourth-order valence-electron chi connectivity index (χ4n) is 0.972. The second-order valence-corrected chi connectivity index (χ2v) is 6.43. The van der Waals surface area contributed by atoms with Gasteiger partial charge in [-0.05, 0) is 29.7 Å². The monoisotopic (exact) mass is 186 g/mol. The third-order valence-electron chi connectivity index (χ3n) is 1.49. The molecule has 0 aliphatic rings. The summed E-state index contributed by atoms with van der Waals surface area (Å²) in [4.78, 5) is 0.787. The Morgan fingerprint density at radius 3 is 2.27 bits per heavy atom. The minimum Gasteiger partial charge on any atom is -0.252 e. The second kappa shape index (κ2) is 2.91. The predicted molar refractivity (Wildman–Crippen MR) is 50.9 cm³/mol. The Kier molecular flexibility index (Phi) is 2.30. The van der Waals surface area contributed by atoms with Crippen LogP contribution in [0.1, 0.15) is 5.56 Å². The summed E-state index contributed by atoms with van der Waals surface area (Å²) < 4.78 is 11.4. The summed E-state index contributed by atoms with van der Waals surface area (Å²) in [7, 11) is -2.20. The lowest BCUT2D eigenvalue weighted by molar-refractivity contribution is 0.685. The summed E-state index contributed by atoms with van der Waals surface area (Å²) in [5, 5.41) is 0. The molecule has 1 aromatic rings. The van der Waals surface area contributed by atoms with Gasteiger partial charge in [0.2, 0.25) is 0 Å². The van der Waals surface area contributed by atoms with Gasteiger partial charge in [-0.15, -0.1) is 0 Å². The molecule has 1 rings (SSSR count). The van der Waals surface area contributed by atoms with Gasteiger partial charge in [0.15, 0.2) is 0 Å². The lowest BCUT2D eigenvalue weighted by Crippen LogP contribution is -1.97. The molecule has 0 spiro atoms. The molecule has 3 heteroatoms. The van der Waals surface area contributed by atoms with Gasteiger partial charge < -0.3 is 0 Å². The van der Waals surface area contributed by atoms with Crippen LogP contribution in [0.4, 0.5) is 0 Å². The first-order valence-electron chi connectivity index (χ1n) is 3.27. The Balaban J connectivity index is 3.37. The van der Waals surface area contributed by atoms with Gasteiger partial charge in [0, 0.05) is 11.2 Å². The van der Waals surface area contributed by atoms with Crippen molar-refractivity contribution in [2.75, 3.05) is 6.26 Å². The average Bonchev–Trinajstić information content (AvgIpc) is 1.86. The molecular weight excluding hydrogens is 176 g/mol. The number of rotatable bonds is 1. The van der Waals surface area contributed by atoms with Crippen LogP contribution in [-0.4, -0.2) is 10.5 Å². The van der Waals surface area contributed by atoms with Crippen LogP contribution in [0.3, 0.4) is 0 Å². The van der Waals surface area contributed by atoms with Crippen LogP contribution in [0.15, 0.2) is 29.2 Å². The van der Waals surface area contributed by atoms with E-state index in [-0.39, 0.29) is 0 Å². The van der Waals surface area contributed by atoms with Gasteiger partial charge in [-0.1, -0.05) is 18.2 Å². The maximum absolute atomic E-state index is 11.4. The van der Waals surface area contributed by atoms with Crippen molar-refractivity contribution in [1.29, 1.82) is 0 Å². The second-order valence-electron chi connectivity index (χ2n) is 2.54. The van der Waals surface area contributed by atoms with E-state index in [1.807, 2.05) is 31.2 Å². The molecule has 0 aliphatic carbocycles. The third kappa shape index (κ3) is 2.01. The molecule has 0 heterocycles. The van der Waals surface area contributed by atoms with Gasteiger partial charge in [0.1, 0.15) is 0 Å². The van der Waals surface area contributed by atoms with Crippen molar-refractivity contribution in [2.24, 2.45) is 0 Å². The highest BCUT2D eigenvalue weighted by atomic mass is 32.8. The van der Waals surface area contributed by atoms with Crippen molar-refractivity contribution in [3.8, 4) is 0 Å². The van der Waals surface area contributed by atoms with Crippen LogP contribution in [0.2, 0.25) is 0 Å². The molecule has 0 bridgehead atoms. The fraction of sp³-hybridized carbons (Fsp3) is 0.250. The Labute approximate surface area is 72.1 Å². The molecule has 1 atom stereocenters. The molecule has 0 saturated carbocycles. The van der Waals surface area contributed by atoms with Crippen LogP contribution in [0.25, 0.3) is 0 Å². The summed E-state index contributed by atoms with van der Waals surface area (Å²) in [6, 6.07) is 7.52. The lowest BCUT2D eigenvalue weighted by Gasteiger charge is -2.03. The molecule has 1 aromatic carbocycles. The smallest absolute Gasteiger partial charge is 0.0563 e. The topological polar surface area (TPSA) is 17.1 Å². The summed E-state index contributed by atoms with van der Waals surface area (Å²) in [5.74, 6) is 0. The van der Waals surface area contributed by atoms with E-state index in [1.54, 1.807) is 6.26 Å². The zero-order chi connectivity index (χ0) is 8.48. The van der Waals surface area contributed by atoms with Crippen molar-refractivity contribution < 1.29 is 4.21 Å². The molecule has 0 aromatic heterocycles. The van der Waals surface area contributed by atoms with Crippen molar-refractivity contribution in [1.82, 2.24) is 0 Å². The van der Waals surface area contributed by atoms with E-state index in [4.69, 9.17) is 11.2 Å². The van der Waals surface area contributed by atoms with Crippen molar-refractivity contribution in [3.05, 3.63) is 29.8 Å². The maximum Gasteiger partial charge on any atom is 0.0563 e. The first-order valence-corrected chi connectivity index (χ1v) is 6.16. The SMILES string of the molecule is Cc1ccccc1S(C)(=O)=S. The van der Waals surface area contributed by atoms with Crippen LogP contribution < -0.4 is 0 Å². The zero-order valence-corrected chi connectivity index (χ0v) is 8.17. The number of hydrogen-bond donors (Lipinski definition) is 0. The van der Waals surface area contributed by atoms with Gasteiger partial charge >= 0.3 is 0 Å². The zero-order valence-electron chi connectivity index (χ0n) is 6.53. The largest absolute Gasteiger partial charge is 0.252 e. The first-order chi connectivity index (χ1) is 5.02. The molecule has 1 unspecified atom stereocenters. The van der Waals surface area contributed by atoms with E-state index in [0.717, 1.165) is 10.5 Å². The van der Waals surface area contributed by atoms with Crippen LogP contribution in [0, 0.1) is 6.92 Å². The number of benzene rings is 1. The van der Waals surface area contributed by atoms with E-state index < -0.39 is 8.49 Å². The Hall–Kier alpha value is -0.410. The molecule has 1 nitrogen and oxygen atoms in total. The Bertz CT molecular complexity index is 352. The normalized spacial score (nSPS) is 15.8. The summed E-state index contributed by atoms with van der Waals surface area (Å²) in [6.45, 7) is 1.92. The molecule has 60 valence electrons. The first kappa shape index (κ1) is 8.68. The van der Waals surface area contributed by atoms with Crippen molar-refractivity contribution >= 4 is 19.7 Å². The highest BCUT2D eigenvalue weighted by Crippen LogP contribution is 2.13. The summed E-state index contributed by atoms with van der Waals surface area (Å²) >= 11 is 4.87. The number of hydrogen-bond acceptors (Lipinski definition) is 2. The third-order valence-corrected chi connectivity index (χ3v) is 3.29. The predicted octanol–water partition coefficient (Wildman–Crippen LogP) is 1.73. The quantitative estimate of drug-likeness (QED) is 0.664. The van der Waals surface area contributed by atoms with Crippen molar-refractivity contribution in [3.63, 3.8) is 0 Å². The lowest BCUT2D eigenvalue weighted by atomic mass is 10.2. The molecule has 11 heavy (non-hydrogen) atoms. The standard InChI is InChI=1S/C8H10OS2/c1-7-5-3-4-6-8(7)11(2,9)10/h3-6H,1-2H3. The molecule has 0 fully saturated rings. The number of aryl methyl sites for hydroxylation is 1. The van der Waals surface area contributed by atoms with Gasteiger partial charge in [-0.3, -0.25) is 4.21 Å². The molecule has 0 N–H and O–H groups in total. The minimum atomic E-state index is -2.20. The summed E-state index contributed by atoms with van der Waals surface area (Å²) in [6.07, 6.45) is 1.59. The molecule has 0 aliphatic heterocycles. The highest BCUT2D eigenvalue weighted by molar-refractivity contribution is 8.32. The van der Waals surface area contributed by atoms with E-state index >= 15 is 0 Å². The minimum absolute atomic E-state index is 0.787. The Morgan fingerprint density at radius 2 is 1.91 bits per heavy atom. The van der Waals surface area contributed by atoms with Crippen LogP contribution in [-0.2, 0) is 19.7 Å². The molecule has 0 saturated heterocycles.